The van der Waals surface area contributed by atoms with Gasteiger partial charge in [-0.05, 0) is 32.1 Å². The molecule has 0 N–H and O–H groups in total. The molecule has 0 aliphatic rings. The van der Waals surface area contributed by atoms with E-state index in [1.165, 1.54) is 0 Å². The molecule has 0 fully saturated rings. The normalized spacial score (nSPS) is 12.5. The second kappa shape index (κ2) is 6.22. The molecule has 1 heterocycles. The van der Waals surface area contributed by atoms with Gasteiger partial charge in [0.25, 0.3) is 0 Å². The predicted molar refractivity (Wildman–Crippen MR) is 75.7 cm³/mol. The number of aryl methyl sites for hydroxylation is 1. The Morgan fingerprint density at radius 2 is 1.89 bits per heavy atom. The van der Waals surface area contributed by atoms with E-state index in [2.05, 4.69) is 25.8 Å². The van der Waals surface area contributed by atoms with Crippen LogP contribution in [0.1, 0.15) is 47.5 Å². The molecule has 0 aromatic carbocycles. The Bertz CT molecular complexity index is 389. The number of esters is 1. The van der Waals surface area contributed by atoms with Gasteiger partial charge in [0, 0.05) is 18.9 Å². The van der Waals surface area contributed by atoms with Crippen molar-refractivity contribution >= 4 is 5.97 Å². The molecule has 0 spiro atoms. The van der Waals surface area contributed by atoms with Gasteiger partial charge in [-0.15, -0.1) is 0 Å². The maximum absolute atomic E-state index is 12.1. The van der Waals surface area contributed by atoms with Crippen LogP contribution in [-0.2, 0) is 16.1 Å². The first-order valence-corrected chi connectivity index (χ1v) is 6.88. The SMILES string of the molecule is CC(C)(C)C(C)(C)C(=O)OCCCCn1ccnc1. The maximum Gasteiger partial charge on any atom is 0.312 e. The first-order chi connectivity index (χ1) is 8.75. The lowest BCUT2D eigenvalue weighted by molar-refractivity contribution is -0.160. The Labute approximate surface area is 116 Å². The zero-order valence-corrected chi connectivity index (χ0v) is 12.8. The number of aromatic nitrogens is 2. The van der Waals surface area contributed by atoms with Crippen molar-refractivity contribution in [2.24, 2.45) is 10.8 Å². The van der Waals surface area contributed by atoms with E-state index in [0.717, 1.165) is 19.4 Å². The van der Waals surface area contributed by atoms with Crippen molar-refractivity contribution in [3.63, 3.8) is 0 Å². The van der Waals surface area contributed by atoms with Crippen LogP contribution in [0.3, 0.4) is 0 Å². The monoisotopic (exact) mass is 266 g/mol. The molecule has 0 bridgehead atoms. The smallest absolute Gasteiger partial charge is 0.312 e. The van der Waals surface area contributed by atoms with Gasteiger partial charge in [0.2, 0.25) is 0 Å². The number of rotatable bonds is 6. The Balaban J connectivity index is 2.24. The van der Waals surface area contributed by atoms with Crippen LogP contribution in [0.4, 0.5) is 0 Å². The van der Waals surface area contributed by atoms with Crippen molar-refractivity contribution < 1.29 is 9.53 Å². The fourth-order valence-electron chi connectivity index (χ4n) is 1.47. The summed E-state index contributed by atoms with van der Waals surface area (Å²) in [4.78, 5) is 16.1. The lowest BCUT2D eigenvalue weighted by Crippen LogP contribution is -2.39. The summed E-state index contributed by atoms with van der Waals surface area (Å²) in [6, 6.07) is 0. The molecule has 0 aliphatic carbocycles. The first kappa shape index (κ1) is 15.7. The molecule has 108 valence electrons. The Morgan fingerprint density at radius 1 is 1.21 bits per heavy atom. The summed E-state index contributed by atoms with van der Waals surface area (Å²) >= 11 is 0. The van der Waals surface area contributed by atoms with Gasteiger partial charge < -0.3 is 9.30 Å². The van der Waals surface area contributed by atoms with Crippen molar-refractivity contribution in [3.8, 4) is 0 Å². The van der Waals surface area contributed by atoms with Crippen molar-refractivity contribution in [1.82, 2.24) is 9.55 Å². The lowest BCUT2D eigenvalue weighted by atomic mass is 9.69. The average molecular weight is 266 g/mol. The van der Waals surface area contributed by atoms with Crippen molar-refractivity contribution in [3.05, 3.63) is 18.7 Å². The predicted octanol–water partition coefficient (Wildman–Crippen LogP) is 3.28. The third-order valence-electron chi connectivity index (χ3n) is 3.99. The minimum Gasteiger partial charge on any atom is -0.465 e. The third-order valence-corrected chi connectivity index (χ3v) is 3.99. The van der Waals surface area contributed by atoms with Crippen LogP contribution in [-0.4, -0.2) is 22.1 Å². The number of carbonyl (C=O) groups is 1. The standard InChI is InChI=1S/C15H26N2O2/c1-14(2,3)15(4,5)13(18)19-11-7-6-9-17-10-8-16-12-17/h8,10,12H,6-7,9,11H2,1-5H3. The molecule has 4 nitrogen and oxygen atoms in total. The van der Waals surface area contributed by atoms with Gasteiger partial charge in [0.1, 0.15) is 0 Å². The second-order valence-corrected chi connectivity index (χ2v) is 6.52. The van der Waals surface area contributed by atoms with Crippen LogP contribution in [0.2, 0.25) is 0 Å². The molecule has 1 rings (SSSR count). The number of hydrogen-bond acceptors (Lipinski definition) is 3. The zero-order valence-electron chi connectivity index (χ0n) is 12.8. The summed E-state index contributed by atoms with van der Waals surface area (Å²) in [5, 5.41) is 0. The van der Waals surface area contributed by atoms with Gasteiger partial charge in [-0.3, -0.25) is 4.79 Å². The first-order valence-electron chi connectivity index (χ1n) is 6.88. The van der Waals surface area contributed by atoms with E-state index in [4.69, 9.17) is 4.74 Å². The summed E-state index contributed by atoms with van der Waals surface area (Å²) in [6.45, 7) is 11.5. The van der Waals surface area contributed by atoms with E-state index >= 15 is 0 Å². The summed E-state index contributed by atoms with van der Waals surface area (Å²) < 4.78 is 7.42. The number of nitrogens with zero attached hydrogens (tertiary/aromatic N) is 2. The lowest BCUT2D eigenvalue weighted by Gasteiger charge is -2.36. The molecule has 0 aliphatic heterocycles. The molecule has 0 amide bonds. The highest BCUT2D eigenvalue weighted by Gasteiger charge is 2.40. The highest BCUT2D eigenvalue weighted by atomic mass is 16.5. The second-order valence-electron chi connectivity index (χ2n) is 6.52. The van der Waals surface area contributed by atoms with Gasteiger partial charge in [0.05, 0.1) is 18.3 Å². The number of ether oxygens (including phenoxy) is 1. The highest BCUT2D eigenvalue weighted by molar-refractivity contribution is 5.76. The minimum absolute atomic E-state index is 0.0963. The largest absolute Gasteiger partial charge is 0.465 e. The summed E-state index contributed by atoms with van der Waals surface area (Å²) in [7, 11) is 0. The maximum atomic E-state index is 12.1. The average Bonchev–Trinajstić information content (AvgIpc) is 2.79. The van der Waals surface area contributed by atoms with Crippen LogP contribution in [0.15, 0.2) is 18.7 Å². The Kier molecular flexibility index (Phi) is 5.15. The van der Waals surface area contributed by atoms with Gasteiger partial charge in [-0.1, -0.05) is 20.8 Å². The molecule has 19 heavy (non-hydrogen) atoms. The highest BCUT2D eigenvalue weighted by Crippen LogP contribution is 2.38. The van der Waals surface area contributed by atoms with Crippen LogP contribution in [0.5, 0.6) is 0 Å². The molecule has 0 unspecified atom stereocenters. The summed E-state index contributed by atoms with van der Waals surface area (Å²) in [6.07, 6.45) is 7.37. The minimum atomic E-state index is -0.461. The van der Waals surface area contributed by atoms with Gasteiger partial charge >= 0.3 is 5.97 Å². The van der Waals surface area contributed by atoms with Gasteiger partial charge in [-0.2, -0.15) is 0 Å². The molecule has 1 aromatic rings. The molecule has 0 atom stereocenters. The number of carbonyl (C=O) groups excluding carboxylic acids is 1. The summed E-state index contributed by atoms with van der Waals surface area (Å²) in [5.74, 6) is -0.109. The van der Waals surface area contributed by atoms with Crippen LogP contribution >= 0.6 is 0 Å². The Morgan fingerprint density at radius 3 is 2.42 bits per heavy atom. The molecule has 4 heteroatoms. The van der Waals surface area contributed by atoms with E-state index in [-0.39, 0.29) is 11.4 Å². The van der Waals surface area contributed by atoms with Gasteiger partial charge in [-0.25, -0.2) is 4.98 Å². The molecular formula is C15H26N2O2. The number of imidazole rings is 1. The van der Waals surface area contributed by atoms with Crippen LogP contribution in [0.25, 0.3) is 0 Å². The molecule has 1 aromatic heterocycles. The zero-order chi connectivity index (χ0) is 14.5. The van der Waals surface area contributed by atoms with Crippen LogP contribution in [0, 0.1) is 10.8 Å². The van der Waals surface area contributed by atoms with E-state index in [9.17, 15) is 4.79 Å². The Hall–Kier alpha value is -1.32. The van der Waals surface area contributed by atoms with Crippen molar-refractivity contribution in [1.29, 1.82) is 0 Å². The van der Waals surface area contributed by atoms with Gasteiger partial charge in [0.15, 0.2) is 0 Å². The summed E-state index contributed by atoms with van der Waals surface area (Å²) in [5.41, 5.74) is -0.557. The number of unbranched alkanes of at least 4 members (excludes halogenated alkanes) is 1. The fourth-order valence-corrected chi connectivity index (χ4v) is 1.47. The van der Waals surface area contributed by atoms with Crippen molar-refractivity contribution in [2.45, 2.75) is 54.0 Å². The van der Waals surface area contributed by atoms with E-state index in [1.54, 1.807) is 12.5 Å². The van der Waals surface area contributed by atoms with Crippen molar-refractivity contribution in [2.75, 3.05) is 6.61 Å². The molecule has 0 saturated heterocycles. The molecule has 0 radical (unpaired) electrons. The van der Waals surface area contributed by atoms with E-state index in [0.29, 0.717) is 6.61 Å². The molecule has 0 saturated carbocycles. The quantitative estimate of drug-likeness (QED) is 0.586. The number of hydrogen-bond donors (Lipinski definition) is 0. The molecular weight excluding hydrogens is 240 g/mol. The van der Waals surface area contributed by atoms with Crippen LogP contribution < -0.4 is 0 Å². The third kappa shape index (κ3) is 4.37. The van der Waals surface area contributed by atoms with E-state index in [1.807, 2.05) is 24.6 Å². The topological polar surface area (TPSA) is 44.1 Å². The van der Waals surface area contributed by atoms with E-state index < -0.39 is 5.41 Å². The fraction of sp³-hybridized carbons (Fsp3) is 0.733.